The molecule has 1 aromatic rings. The van der Waals surface area contributed by atoms with E-state index < -0.39 is 23.5 Å². The molecule has 0 spiro atoms. The fourth-order valence-corrected chi connectivity index (χ4v) is 2.03. The van der Waals surface area contributed by atoms with Crippen LogP contribution in [-0.4, -0.2) is 19.1 Å². The maximum Gasteiger partial charge on any atom is 0.416 e. The fraction of sp³-hybridized carbons (Fsp3) is 0.357. The van der Waals surface area contributed by atoms with Gasteiger partial charge in [-0.25, -0.2) is 4.39 Å². The van der Waals surface area contributed by atoms with Gasteiger partial charge in [0.1, 0.15) is 0 Å². The summed E-state index contributed by atoms with van der Waals surface area (Å²) >= 11 is 0. The lowest BCUT2D eigenvalue weighted by atomic mass is 9.93. The van der Waals surface area contributed by atoms with Crippen LogP contribution in [0, 0.1) is 5.92 Å². The molecule has 2 rings (SSSR count). The first-order valence-electron chi connectivity index (χ1n) is 6.21. The molecular weight excluding hydrogens is 290 g/mol. The van der Waals surface area contributed by atoms with E-state index in [1.165, 1.54) is 6.07 Å². The first-order valence-corrected chi connectivity index (χ1v) is 6.21. The van der Waals surface area contributed by atoms with Crippen molar-refractivity contribution in [1.82, 2.24) is 0 Å². The van der Waals surface area contributed by atoms with Crippen molar-refractivity contribution in [3.63, 3.8) is 0 Å². The Morgan fingerprint density at radius 1 is 1.38 bits per heavy atom. The molecular formula is C14H13F4NO2. The van der Waals surface area contributed by atoms with E-state index >= 15 is 0 Å². The third kappa shape index (κ3) is 3.81. The molecule has 1 aliphatic heterocycles. The Kier molecular flexibility index (Phi) is 4.32. The minimum absolute atomic E-state index is 0.0215. The maximum absolute atomic E-state index is 13.0. The molecule has 0 unspecified atom stereocenters. The number of anilines is 1. The molecule has 1 fully saturated rings. The third-order valence-electron chi connectivity index (χ3n) is 3.13. The first-order chi connectivity index (χ1) is 9.77. The minimum atomic E-state index is -4.48. The molecule has 0 radical (unpaired) electrons. The molecule has 1 aromatic carbocycles. The Morgan fingerprint density at radius 3 is 2.52 bits per heavy atom. The molecule has 1 saturated heterocycles. The van der Waals surface area contributed by atoms with Gasteiger partial charge in [-0.15, -0.1) is 0 Å². The quantitative estimate of drug-likeness (QED) is 0.684. The van der Waals surface area contributed by atoms with Gasteiger partial charge in [-0.05, 0) is 30.2 Å². The molecule has 114 valence electrons. The Morgan fingerprint density at radius 2 is 2.05 bits per heavy atom. The molecule has 0 aromatic heterocycles. The van der Waals surface area contributed by atoms with E-state index in [1.54, 1.807) is 0 Å². The lowest BCUT2D eigenvalue weighted by molar-refractivity contribution is -0.138. The SMILES string of the molecule is C=C(F)C(=O)Nc1ccc(C(F)(F)F)c(CC2COC2)c1. The number of hydrogen-bond acceptors (Lipinski definition) is 2. The van der Waals surface area contributed by atoms with Crippen LogP contribution in [-0.2, 0) is 22.1 Å². The van der Waals surface area contributed by atoms with E-state index in [4.69, 9.17) is 4.74 Å². The summed E-state index contributed by atoms with van der Waals surface area (Å²) < 4.78 is 56.4. The Bertz CT molecular complexity index is 565. The van der Waals surface area contributed by atoms with Crippen LogP contribution >= 0.6 is 0 Å². The lowest BCUT2D eigenvalue weighted by Crippen LogP contribution is -2.30. The number of rotatable bonds is 4. The highest BCUT2D eigenvalue weighted by molar-refractivity contribution is 6.01. The molecule has 1 N–H and O–H groups in total. The third-order valence-corrected chi connectivity index (χ3v) is 3.13. The highest BCUT2D eigenvalue weighted by atomic mass is 19.4. The van der Waals surface area contributed by atoms with Crippen LogP contribution in [0.2, 0.25) is 0 Å². The smallest absolute Gasteiger partial charge is 0.381 e. The van der Waals surface area contributed by atoms with E-state index in [0.29, 0.717) is 13.2 Å². The molecule has 1 aliphatic rings. The summed E-state index contributed by atoms with van der Waals surface area (Å²) in [5.74, 6) is -2.26. The van der Waals surface area contributed by atoms with Gasteiger partial charge in [-0.2, -0.15) is 13.2 Å². The minimum Gasteiger partial charge on any atom is -0.381 e. The van der Waals surface area contributed by atoms with Crippen LogP contribution in [0.4, 0.5) is 23.2 Å². The number of carbonyl (C=O) groups is 1. The van der Waals surface area contributed by atoms with Crippen LogP contribution in [0.3, 0.4) is 0 Å². The highest BCUT2D eigenvalue weighted by Gasteiger charge is 2.34. The summed E-state index contributed by atoms with van der Waals surface area (Å²) in [6.07, 6.45) is -4.29. The van der Waals surface area contributed by atoms with Crippen molar-refractivity contribution in [2.24, 2.45) is 5.92 Å². The largest absolute Gasteiger partial charge is 0.416 e. The van der Waals surface area contributed by atoms with E-state index in [0.717, 1.165) is 12.1 Å². The predicted molar refractivity (Wildman–Crippen MR) is 68.3 cm³/mol. The summed E-state index contributed by atoms with van der Waals surface area (Å²) in [5.41, 5.74) is -0.605. The molecule has 1 amide bonds. The summed E-state index contributed by atoms with van der Waals surface area (Å²) in [6.45, 7) is 3.65. The number of alkyl halides is 3. The molecule has 0 saturated carbocycles. The van der Waals surface area contributed by atoms with Gasteiger partial charge < -0.3 is 10.1 Å². The number of carbonyl (C=O) groups excluding carboxylic acids is 1. The molecule has 21 heavy (non-hydrogen) atoms. The first kappa shape index (κ1) is 15.5. The Balaban J connectivity index is 2.27. The van der Waals surface area contributed by atoms with Gasteiger partial charge in [0, 0.05) is 11.6 Å². The number of halogens is 4. The zero-order valence-corrected chi connectivity index (χ0v) is 11.0. The van der Waals surface area contributed by atoms with Crippen molar-refractivity contribution < 1.29 is 27.1 Å². The topological polar surface area (TPSA) is 38.3 Å². The average molecular weight is 303 g/mol. The number of amides is 1. The van der Waals surface area contributed by atoms with Gasteiger partial charge in [0.25, 0.3) is 5.91 Å². The van der Waals surface area contributed by atoms with Crippen molar-refractivity contribution in [2.75, 3.05) is 18.5 Å². The van der Waals surface area contributed by atoms with Gasteiger partial charge in [-0.3, -0.25) is 4.79 Å². The summed E-state index contributed by atoms with van der Waals surface area (Å²) in [4.78, 5) is 11.2. The van der Waals surface area contributed by atoms with Crippen LogP contribution in [0.5, 0.6) is 0 Å². The van der Waals surface area contributed by atoms with Crippen molar-refractivity contribution in [2.45, 2.75) is 12.6 Å². The second kappa shape index (κ2) is 5.85. The molecule has 3 nitrogen and oxygen atoms in total. The molecule has 1 heterocycles. The second-order valence-corrected chi connectivity index (χ2v) is 4.84. The monoisotopic (exact) mass is 303 g/mol. The van der Waals surface area contributed by atoms with Crippen LogP contribution < -0.4 is 5.32 Å². The second-order valence-electron chi connectivity index (χ2n) is 4.84. The van der Waals surface area contributed by atoms with E-state index in [1.807, 2.05) is 0 Å². The van der Waals surface area contributed by atoms with Crippen molar-refractivity contribution >= 4 is 11.6 Å². The lowest BCUT2D eigenvalue weighted by Gasteiger charge is -2.27. The number of benzene rings is 1. The standard InChI is InChI=1S/C14H13F4NO2/c1-8(15)13(20)19-11-2-3-12(14(16,17)18)10(5-11)4-9-6-21-7-9/h2-3,5,9H,1,4,6-7H2,(H,19,20). The van der Waals surface area contributed by atoms with Crippen LogP contribution in [0.25, 0.3) is 0 Å². The van der Waals surface area contributed by atoms with Gasteiger partial charge >= 0.3 is 6.18 Å². The molecule has 0 bridgehead atoms. The van der Waals surface area contributed by atoms with Crippen molar-refractivity contribution in [3.05, 3.63) is 41.7 Å². The van der Waals surface area contributed by atoms with E-state index in [-0.39, 0.29) is 23.6 Å². The number of hydrogen-bond donors (Lipinski definition) is 1. The van der Waals surface area contributed by atoms with Crippen LogP contribution in [0.15, 0.2) is 30.6 Å². The van der Waals surface area contributed by atoms with Crippen LogP contribution in [0.1, 0.15) is 11.1 Å². The summed E-state index contributed by atoms with van der Waals surface area (Å²) in [7, 11) is 0. The van der Waals surface area contributed by atoms with Crippen molar-refractivity contribution in [3.8, 4) is 0 Å². The zero-order valence-electron chi connectivity index (χ0n) is 11.0. The predicted octanol–water partition coefficient (Wildman–Crippen LogP) is 3.32. The Hall–Kier alpha value is -1.89. The van der Waals surface area contributed by atoms with E-state index in [2.05, 4.69) is 11.9 Å². The highest BCUT2D eigenvalue weighted by Crippen LogP contribution is 2.35. The number of nitrogens with one attached hydrogen (secondary N) is 1. The zero-order chi connectivity index (χ0) is 15.6. The normalized spacial score (nSPS) is 15.4. The van der Waals surface area contributed by atoms with Gasteiger partial charge in [-0.1, -0.05) is 6.58 Å². The van der Waals surface area contributed by atoms with E-state index in [9.17, 15) is 22.4 Å². The number of ether oxygens (including phenoxy) is 1. The van der Waals surface area contributed by atoms with Gasteiger partial charge in [0.2, 0.25) is 0 Å². The summed E-state index contributed by atoms with van der Waals surface area (Å²) in [5, 5.41) is 2.16. The molecule has 0 atom stereocenters. The van der Waals surface area contributed by atoms with Gasteiger partial charge in [0.05, 0.1) is 18.8 Å². The Labute approximate surface area is 118 Å². The fourth-order valence-electron chi connectivity index (χ4n) is 2.03. The average Bonchev–Trinajstić information content (AvgIpc) is 2.32. The molecule has 7 heteroatoms. The summed E-state index contributed by atoms with van der Waals surface area (Å²) in [6, 6.07) is 3.18. The molecule has 0 aliphatic carbocycles. The van der Waals surface area contributed by atoms with Crippen molar-refractivity contribution in [1.29, 1.82) is 0 Å². The van der Waals surface area contributed by atoms with Gasteiger partial charge in [0.15, 0.2) is 5.83 Å². The maximum atomic E-state index is 13.0.